The first kappa shape index (κ1) is 9.08. The van der Waals surface area contributed by atoms with Crippen LogP contribution < -0.4 is 5.43 Å². The van der Waals surface area contributed by atoms with Gasteiger partial charge in [0.25, 0.3) is 0 Å². The number of anilines is 1. The van der Waals surface area contributed by atoms with Crippen molar-refractivity contribution < 1.29 is 0 Å². The summed E-state index contributed by atoms with van der Waals surface area (Å²) in [5, 5.41) is 1.96. The van der Waals surface area contributed by atoms with Crippen molar-refractivity contribution in [2.24, 2.45) is 4.99 Å². The minimum absolute atomic E-state index is 0.848. The number of hydrogen-bond acceptors (Lipinski definition) is 5. The van der Waals surface area contributed by atoms with Gasteiger partial charge in [0.2, 0.25) is 0 Å². The Morgan fingerprint density at radius 2 is 2.00 bits per heavy atom. The average Bonchev–Trinajstić information content (AvgIpc) is 2.82. The van der Waals surface area contributed by atoms with E-state index in [2.05, 4.69) is 20.4 Å². The standard InChI is InChI=1S/C11H11N5/c1-2-10-11(14-4-3-13-10)7-9(1)15-16-6-5-12-8-16/h1-4,7-8,15H,5-6H2. The molecule has 0 bridgehead atoms. The summed E-state index contributed by atoms with van der Waals surface area (Å²) in [7, 11) is 0. The molecule has 2 aromatic rings. The summed E-state index contributed by atoms with van der Waals surface area (Å²) in [5.74, 6) is 0. The SMILES string of the molecule is C1=NCCN1Nc1ccc2nccnc2c1. The van der Waals surface area contributed by atoms with E-state index in [0.29, 0.717) is 0 Å². The van der Waals surface area contributed by atoms with Crippen molar-refractivity contribution in [3.63, 3.8) is 0 Å². The topological polar surface area (TPSA) is 53.4 Å². The maximum atomic E-state index is 4.26. The lowest BCUT2D eigenvalue weighted by Crippen LogP contribution is -2.26. The van der Waals surface area contributed by atoms with E-state index in [4.69, 9.17) is 0 Å². The van der Waals surface area contributed by atoms with Gasteiger partial charge in [-0.2, -0.15) is 0 Å². The van der Waals surface area contributed by atoms with E-state index in [-0.39, 0.29) is 0 Å². The van der Waals surface area contributed by atoms with E-state index in [0.717, 1.165) is 29.8 Å². The highest BCUT2D eigenvalue weighted by Gasteiger charge is 2.05. The van der Waals surface area contributed by atoms with Crippen LogP contribution in [0.5, 0.6) is 0 Å². The first-order chi connectivity index (χ1) is 7.92. The van der Waals surface area contributed by atoms with Crippen LogP contribution in [0.15, 0.2) is 35.6 Å². The van der Waals surface area contributed by atoms with Gasteiger partial charge in [-0.25, -0.2) is 0 Å². The van der Waals surface area contributed by atoms with Gasteiger partial charge >= 0.3 is 0 Å². The van der Waals surface area contributed by atoms with Crippen LogP contribution >= 0.6 is 0 Å². The average molecular weight is 213 g/mol. The summed E-state index contributed by atoms with van der Waals surface area (Å²) < 4.78 is 0. The third-order valence-corrected chi connectivity index (χ3v) is 2.43. The van der Waals surface area contributed by atoms with Crippen LogP contribution in [0, 0.1) is 0 Å². The second kappa shape index (κ2) is 3.77. The summed E-state index contributed by atoms with van der Waals surface area (Å²) >= 11 is 0. The number of nitrogens with one attached hydrogen (secondary N) is 1. The molecule has 5 nitrogen and oxygen atoms in total. The van der Waals surface area contributed by atoms with E-state index in [1.54, 1.807) is 18.7 Å². The fraction of sp³-hybridized carbons (Fsp3) is 0.182. The zero-order valence-electron chi connectivity index (χ0n) is 8.67. The highest BCUT2D eigenvalue weighted by molar-refractivity contribution is 5.78. The Morgan fingerprint density at radius 1 is 1.12 bits per heavy atom. The number of nitrogens with zero attached hydrogens (tertiary/aromatic N) is 4. The molecule has 0 aliphatic carbocycles. The molecule has 1 N–H and O–H groups in total. The zero-order valence-corrected chi connectivity index (χ0v) is 8.67. The summed E-state index contributed by atoms with van der Waals surface area (Å²) in [6, 6.07) is 5.93. The lowest BCUT2D eigenvalue weighted by atomic mass is 10.2. The van der Waals surface area contributed by atoms with Gasteiger partial charge in [-0.3, -0.25) is 25.4 Å². The van der Waals surface area contributed by atoms with Crippen LogP contribution in [0.2, 0.25) is 0 Å². The predicted octanol–water partition coefficient (Wildman–Crippen LogP) is 1.30. The van der Waals surface area contributed by atoms with Gasteiger partial charge in [0.1, 0.15) is 6.34 Å². The molecule has 1 aromatic carbocycles. The molecule has 0 atom stereocenters. The molecule has 80 valence electrons. The third-order valence-electron chi connectivity index (χ3n) is 2.43. The van der Waals surface area contributed by atoms with Crippen molar-refractivity contribution in [1.82, 2.24) is 15.0 Å². The molecular formula is C11H11N5. The summed E-state index contributed by atoms with van der Waals surface area (Å²) in [6.45, 7) is 1.75. The van der Waals surface area contributed by atoms with E-state index in [1.165, 1.54) is 0 Å². The van der Waals surface area contributed by atoms with Crippen molar-refractivity contribution in [3.05, 3.63) is 30.6 Å². The van der Waals surface area contributed by atoms with E-state index < -0.39 is 0 Å². The minimum Gasteiger partial charge on any atom is -0.297 e. The van der Waals surface area contributed by atoms with Gasteiger partial charge in [-0.05, 0) is 18.2 Å². The quantitative estimate of drug-likeness (QED) is 0.817. The van der Waals surface area contributed by atoms with Crippen LogP contribution in [0.1, 0.15) is 0 Å². The number of hydrazine groups is 1. The maximum Gasteiger partial charge on any atom is 0.104 e. The molecule has 1 aliphatic heterocycles. The fourth-order valence-electron chi connectivity index (χ4n) is 1.66. The Labute approximate surface area is 92.8 Å². The molecule has 5 heteroatoms. The van der Waals surface area contributed by atoms with Gasteiger partial charge in [0, 0.05) is 12.4 Å². The highest BCUT2D eigenvalue weighted by Crippen LogP contribution is 2.15. The largest absolute Gasteiger partial charge is 0.297 e. The van der Waals surface area contributed by atoms with Crippen LogP contribution in [-0.2, 0) is 0 Å². The molecule has 3 rings (SSSR count). The molecule has 1 aliphatic rings. The van der Waals surface area contributed by atoms with Crippen LogP contribution in [0.3, 0.4) is 0 Å². The number of fused-ring (bicyclic) bond motifs is 1. The number of hydrogen-bond donors (Lipinski definition) is 1. The second-order valence-electron chi connectivity index (χ2n) is 3.59. The summed E-state index contributed by atoms with van der Waals surface area (Å²) in [4.78, 5) is 12.6. The van der Waals surface area contributed by atoms with Crippen molar-refractivity contribution in [2.45, 2.75) is 0 Å². The van der Waals surface area contributed by atoms with Crippen molar-refractivity contribution >= 4 is 23.1 Å². The fourth-order valence-corrected chi connectivity index (χ4v) is 1.66. The van der Waals surface area contributed by atoms with Crippen molar-refractivity contribution in [1.29, 1.82) is 0 Å². The summed E-state index contributed by atoms with van der Waals surface area (Å²) in [5.41, 5.74) is 6.05. The second-order valence-corrected chi connectivity index (χ2v) is 3.59. The Bertz CT molecular complexity index is 537. The molecule has 0 saturated heterocycles. The lowest BCUT2D eigenvalue weighted by Gasteiger charge is -2.16. The molecule has 16 heavy (non-hydrogen) atoms. The van der Waals surface area contributed by atoms with Gasteiger partial charge in [0.05, 0.1) is 29.8 Å². The number of aromatic nitrogens is 2. The Balaban J connectivity index is 1.89. The van der Waals surface area contributed by atoms with Gasteiger partial charge in [0.15, 0.2) is 0 Å². The Kier molecular flexibility index (Phi) is 2.14. The Morgan fingerprint density at radius 3 is 2.81 bits per heavy atom. The smallest absolute Gasteiger partial charge is 0.104 e. The number of aliphatic imine (C=N–C) groups is 1. The van der Waals surface area contributed by atoms with Gasteiger partial charge in [-0.15, -0.1) is 0 Å². The Hall–Kier alpha value is -2.17. The molecular weight excluding hydrogens is 202 g/mol. The predicted molar refractivity (Wildman–Crippen MR) is 63.2 cm³/mol. The monoisotopic (exact) mass is 213 g/mol. The molecule has 0 amide bonds. The van der Waals surface area contributed by atoms with E-state index >= 15 is 0 Å². The lowest BCUT2D eigenvalue weighted by molar-refractivity contribution is 0.557. The van der Waals surface area contributed by atoms with Crippen LogP contribution in [0.25, 0.3) is 11.0 Å². The molecule has 0 saturated carbocycles. The molecule has 0 spiro atoms. The maximum absolute atomic E-state index is 4.26. The summed E-state index contributed by atoms with van der Waals surface area (Å²) in [6.07, 6.45) is 5.20. The van der Waals surface area contributed by atoms with Crippen molar-refractivity contribution in [3.8, 4) is 0 Å². The molecule has 2 heterocycles. The number of benzene rings is 1. The zero-order chi connectivity index (χ0) is 10.8. The third kappa shape index (κ3) is 1.67. The van der Waals surface area contributed by atoms with E-state index in [9.17, 15) is 0 Å². The van der Waals surface area contributed by atoms with Crippen LogP contribution in [0.4, 0.5) is 5.69 Å². The van der Waals surface area contributed by atoms with Gasteiger partial charge in [-0.1, -0.05) is 0 Å². The van der Waals surface area contributed by atoms with E-state index in [1.807, 2.05) is 23.2 Å². The van der Waals surface area contributed by atoms with Crippen molar-refractivity contribution in [2.75, 3.05) is 18.5 Å². The van der Waals surface area contributed by atoms with Gasteiger partial charge < -0.3 is 0 Å². The molecule has 0 radical (unpaired) electrons. The molecule has 1 aromatic heterocycles. The normalized spacial score (nSPS) is 14.6. The van der Waals surface area contributed by atoms with Crippen LogP contribution in [-0.4, -0.2) is 34.4 Å². The first-order valence-electron chi connectivity index (χ1n) is 5.16. The molecule has 0 fully saturated rings. The first-order valence-corrected chi connectivity index (χ1v) is 5.16. The number of rotatable bonds is 2. The highest BCUT2D eigenvalue weighted by atomic mass is 15.5. The minimum atomic E-state index is 0.848. The molecule has 0 unspecified atom stereocenters.